The first-order valence-corrected chi connectivity index (χ1v) is 6.67. The first kappa shape index (κ1) is 10.3. The Labute approximate surface area is 98.5 Å². The number of rotatable bonds is 2. The number of fused-ring (bicyclic) bond motifs is 2. The standard InChI is InChI=1S/C15H21N/c1-3-12-5-6-14-13(11-12)7-10-16(4-2)15(14)8-9-15/h5-6,11H,3-4,7-10H2,1-2H3. The molecule has 1 saturated carbocycles. The lowest BCUT2D eigenvalue weighted by Gasteiger charge is -2.37. The van der Waals surface area contributed by atoms with Crippen LogP contribution in [0.3, 0.4) is 0 Å². The van der Waals surface area contributed by atoms with Crippen LogP contribution >= 0.6 is 0 Å². The monoisotopic (exact) mass is 215 g/mol. The highest BCUT2D eigenvalue weighted by atomic mass is 15.2. The molecule has 16 heavy (non-hydrogen) atoms. The minimum atomic E-state index is 0.453. The topological polar surface area (TPSA) is 3.24 Å². The number of hydrogen-bond donors (Lipinski definition) is 0. The number of nitrogens with zero attached hydrogens (tertiary/aromatic N) is 1. The average molecular weight is 215 g/mol. The van der Waals surface area contributed by atoms with E-state index in [1.807, 2.05) is 0 Å². The molecular formula is C15H21N. The molecule has 1 aromatic rings. The quantitative estimate of drug-likeness (QED) is 0.732. The molecule has 0 bridgehead atoms. The minimum absolute atomic E-state index is 0.453. The molecular weight excluding hydrogens is 194 g/mol. The SMILES string of the molecule is CCc1ccc2c(c1)CCN(CC)C21CC1. The third-order valence-corrected chi connectivity index (χ3v) is 4.44. The second-order valence-electron chi connectivity index (χ2n) is 5.21. The van der Waals surface area contributed by atoms with Gasteiger partial charge in [-0.1, -0.05) is 32.0 Å². The molecule has 1 aliphatic heterocycles. The van der Waals surface area contributed by atoms with Crippen LogP contribution in [-0.4, -0.2) is 18.0 Å². The van der Waals surface area contributed by atoms with Gasteiger partial charge in [-0.15, -0.1) is 0 Å². The number of hydrogen-bond acceptors (Lipinski definition) is 1. The predicted octanol–water partition coefficient (Wildman–Crippen LogP) is 3.12. The maximum absolute atomic E-state index is 2.68. The van der Waals surface area contributed by atoms with Gasteiger partial charge in [-0.05, 0) is 48.9 Å². The fourth-order valence-electron chi connectivity index (χ4n) is 3.33. The predicted molar refractivity (Wildman–Crippen MR) is 67.7 cm³/mol. The minimum Gasteiger partial charge on any atom is -0.294 e. The zero-order chi connectivity index (χ0) is 11.2. The Morgan fingerprint density at radius 3 is 2.69 bits per heavy atom. The third kappa shape index (κ3) is 1.34. The van der Waals surface area contributed by atoms with E-state index in [2.05, 4.69) is 36.9 Å². The van der Waals surface area contributed by atoms with Gasteiger partial charge in [0.15, 0.2) is 0 Å². The summed E-state index contributed by atoms with van der Waals surface area (Å²) in [7, 11) is 0. The van der Waals surface area contributed by atoms with Crippen molar-refractivity contribution in [2.24, 2.45) is 0 Å². The molecule has 0 unspecified atom stereocenters. The van der Waals surface area contributed by atoms with Crippen LogP contribution in [0.5, 0.6) is 0 Å². The Kier molecular flexibility index (Phi) is 2.32. The van der Waals surface area contributed by atoms with E-state index >= 15 is 0 Å². The maximum atomic E-state index is 2.68. The highest BCUT2D eigenvalue weighted by Crippen LogP contribution is 2.53. The smallest absolute Gasteiger partial charge is 0.0465 e. The number of likely N-dealkylation sites (N-methyl/N-ethyl adjacent to an activating group) is 1. The van der Waals surface area contributed by atoms with Crippen LogP contribution in [0, 0.1) is 0 Å². The summed E-state index contributed by atoms with van der Waals surface area (Å²) in [4.78, 5) is 2.68. The molecule has 1 aromatic carbocycles. The van der Waals surface area contributed by atoms with Crippen molar-refractivity contribution in [3.8, 4) is 0 Å². The summed E-state index contributed by atoms with van der Waals surface area (Å²) < 4.78 is 0. The van der Waals surface area contributed by atoms with E-state index < -0.39 is 0 Å². The van der Waals surface area contributed by atoms with Crippen LogP contribution in [0.2, 0.25) is 0 Å². The van der Waals surface area contributed by atoms with E-state index in [-0.39, 0.29) is 0 Å². The van der Waals surface area contributed by atoms with E-state index in [0.29, 0.717) is 5.54 Å². The molecule has 0 atom stereocenters. The number of benzene rings is 1. The lowest BCUT2D eigenvalue weighted by atomic mass is 9.89. The molecule has 0 radical (unpaired) electrons. The Morgan fingerprint density at radius 1 is 1.25 bits per heavy atom. The highest BCUT2D eigenvalue weighted by Gasteiger charge is 2.51. The van der Waals surface area contributed by atoms with Gasteiger partial charge in [-0.2, -0.15) is 0 Å². The molecule has 1 spiro atoms. The van der Waals surface area contributed by atoms with E-state index in [0.717, 1.165) is 6.42 Å². The molecule has 2 aliphatic rings. The average Bonchev–Trinajstić information content (AvgIpc) is 3.10. The van der Waals surface area contributed by atoms with Crippen molar-refractivity contribution in [1.82, 2.24) is 4.90 Å². The van der Waals surface area contributed by atoms with Crippen LogP contribution in [-0.2, 0) is 18.4 Å². The summed E-state index contributed by atoms with van der Waals surface area (Å²) in [6.07, 6.45) is 5.16. The van der Waals surface area contributed by atoms with Crippen molar-refractivity contribution in [2.45, 2.75) is 45.1 Å². The molecule has 0 N–H and O–H groups in total. The van der Waals surface area contributed by atoms with Crippen molar-refractivity contribution in [2.75, 3.05) is 13.1 Å². The second kappa shape index (κ2) is 3.59. The molecule has 86 valence electrons. The van der Waals surface area contributed by atoms with Crippen LogP contribution in [0.4, 0.5) is 0 Å². The molecule has 1 fully saturated rings. The molecule has 0 aromatic heterocycles. The van der Waals surface area contributed by atoms with Crippen LogP contribution in [0.25, 0.3) is 0 Å². The Balaban J connectivity index is 2.03. The van der Waals surface area contributed by atoms with Crippen molar-refractivity contribution in [3.63, 3.8) is 0 Å². The van der Waals surface area contributed by atoms with Gasteiger partial charge in [0.1, 0.15) is 0 Å². The summed E-state index contributed by atoms with van der Waals surface area (Å²) in [6, 6.07) is 7.18. The molecule has 1 heterocycles. The van der Waals surface area contributed by atoms with Crippen LogP contribution in [0.15, 0.2) is 18.2 Å². The van der Waals surface area contributed by atoms with Crippen LogP contribution in [0.1, 0.15) is 43.4 Å². The first-order valence-electron chi connectivity index (χ1n) is 6.67. The lowest BCUT2D eigenvalue weighted by molar-refractivity contribution is 0.173. The summed E-state index contributed by atoms with van der Waals surface area (Å²) in [5.74, 6) is 0. The first-order chi connectivity index (χ1) is 7.80. The largest absolute Gasteiger partial charge is 0.294 e. The van der Waals surface area contributed by atoms with Crippen molar-refractivity contribution in [3.05, 3.63) is 34.9 Å². The lowest BCUT2D eigenvalue weighted by Crippen LogP contribution is -2.41. The fourth-order valence-corrected chi connectivity index (χ4v) is 3.33. The summed E-state index contributed by atoms with van der Waals surface area (Å²) in [5, 5.41) is 0. The second-order valence-corrected chi connectivity index (χ2v) is 5.21. The van der Waals surface area contributed by atoms with E-state index in [9.17, 15) is 0 Å². The van der Waals surface area contributed by atoms with Gasteiger partial charge in [-0.3, -0.25) is 4.90 Å². The van der Waals surface area contributed by atoms with Crippen LogP contribution < -0.4 is 0 Å². The Hall–Kier alpha value is -0.820. The zero-order valence-electron chi connectivity index (χ0n) is 10.4. The highest BCUT2D eigenvalue weighted by molar-refractivity contribution is 5.42. The summed E-state index contributed by atoms with van der Waals surface area (Å²) in [6.45, 7) is 7.01. The maximum Gasteiger partial charge on any atom is 0.0465 e. The van der Waals surface area contributed by atoms with E-state index in [4.69, 9.17) is 0 Å². The summed E-state index contributed by atoms with van der Waals surface area (Å²) >= 11 is 0. The molecule has 1 heteroatoms. The molecule has 3 rings (SSSR count). The van der Waals surface area contributed by atoms with E-state index in [1.165, 1.54) is 37.9 Å². The van der Waals surface area contributed by atoms with Gasteiger partial charge in [0.05, 0.1) is 0 Å². The molecule has 0 saturated heterocycles. The normalized spacial score (nSPS) is 22.1. The van der Waals surface area contributed by atoms with E-state index in [1.54, 1.807) is 11.1 Å². The van der Waals surface area contributed by atoms with Gasteiger partial charge < -0.3 is 0 Å². The molecule has 0 amide bonds. The summed E-state index contributed by atoms with van der Waals surface area (Å²) in [5.41, 5.74) is 5.22. The van der Waals surface area contributed by atoms with Gasteiger partial charge in [0.25, 0.3) is 0 Å². The zero-order valence-corrected chi connectivity index (χ0v) is 10.4. The van der Waals surface area contributed by atoms with Gasteiger partial charge in [0, 0.05) is 12.1 Å². The van der Waals surface area contributed by atoms with Crippen molar-refractivity contribution < 1.29 is 0 Å². The van der Waals surface area contributed by atoms with Gasteiger partial charge >= 0.3 is 0 Å². The Morgan fingerprint density at radius 2 is 2.06 bits per heavy atom. The number of aryl methyl sites for hydroxylation is 1. The van der Waals surface area contributed by atoms with Crippen molar-refractivity contribution in [1.29, 1.82) is 0 Å². The molecule has 1 nitrogen and oxygen atoms in total. The molecule has 1 aliphatic carbocycles. The van der Waals surface area contributed by atoms with Crippen molar-refractivity contribution >= 4 is 0 Å². The van der Waals surface area contributed by atoms with Gasteiger partial charge in [0.2, 0.25) is 0 Å². The fraction of sp³-hybridized carbons (Fsp3) is 0.600. The Bertz CT molecular complexity index is 404. The third-order valence-electron chi connectivity index (χ3n) is 4.44. The van der Waals surface area contributed by atoms with Gasteiger partial charge in [-0.25, -0.2) is 0 Å².